The van der Waals surface area contributed by atoms with Crippen LogP contribution in [0.1, 0.15) is 12.8 Å². The molecular formula is C7H12N4O2. The van der Waals surface area contributed by atoms with E-state index in [1.807, 2.05) is 12.1 Å². The molecule has 0 heterocycles. The van der Waals surface area contributed by atoms with Crippen LogP contribution in [0.2, 0.25) is 0 Å². The Labute approximate surface area is 76.7 Å². The molecule has 4 N–H and O–H groups in total. The summed E-state index contributed by atoms with van der Waals surface area (Å²) in [6.07, 6.45) is -0.139. The average molecular weight is 184 g/mol. The van der Waals surface area contributed by atoms with Gasteiger partial charge in [-0.3, -0.25) is 0 Å². The van der Waals surface area contributed by atoms with E-state index in [9.17, 15) is 4.79 Å². The van der Waals surface area contributed by atoms with Gasteiger partial charge in [0.1, 0.15) is 6.61 Å². The van der Waals surface area contributed by atoms with Gasteiger partial charge in [0.2, 0.25) is 0 Å². The summed E-state index contributed by atoms with van der Waals surface area (Å²) < 4.78 is 4.55. The predicted octanol–water partition coefficient (Wildman–Crippen LogP) is 0.702. The number of carbonyl (C=O) groups is 1. The van der Waals surface area contributed by atoms with E-state index in [0.29, 0.717) is 0 Å². The molecule has 6 nitrogen and oxygen atoms in total. The van der Waals surface area contributed by atoms with Crippen molar-refractivity contribution in [1.82, 2.24) is 11.5 Å². The highest BCUT2D eigenvalue weighted by Gasteiger charge is 1.98. The lowest BCUT2D eigenvalue weighted by molar-refractivity contribution is 0.149. The Morgan fingerprint density at radius 1 is 1.31 bits per heavy atom. The first-order valence-corrected chi connectivity index (χ1v) is 3.45. The number of hydrogen-bond donors (Lipinski definition) is 2. The molecule has 0 unspecified atom stereocenters. The van der Waals surface area contributed by atoms with Gasteiger partial charge in [-0.2, -0.15) is 10.5 Å². The van der Waals surface area contributed by atoms with Gasteiger partial charge in [0.15, 0.2) is 0 Å². The lowest BCUT2D eigenvalue weighted by Gasteiger charge is -2.01. The number of amides is 1. The third-order valence-electron chi connectivity index (χ3n) is 0.953. The van der Waals surface area contributed by atoms with E-state index in [1.54, 1.807) is 0 Å². The molecule has 0 aromatic carbocycles. The molecule has 0 rings (SSSR count). The van der Waals surface area contributed by atoms with E-state index in [-0.39, 0.29) is 32.1 Å². The minimum absolute atomic E-state index is 0. The Bertz CT molecular complexity index is 194. The first-order chi connectivity index (χ1) is 5.81. The number of alkyl carbamates (subject to hydrolysis) is 1. The van der Waals surface area contributed by atoms with Crippen LogP contribution in [0.5, 0.6) is 0 Å². The zero-order chi connectivity index (χ0) is 9.23. The molecule has 0 bridgehead atoms. The van der Waals surface area contributed by atoms with Crippen molar-refractivity contribution in [2.75, 3.05) is 13.2 Å². The Kier molecular flexibility index (Phi) is 10.8. The number of nitrogens with zero attached hydrogens (tertiary/aromatic N) is 2. The summed E-state index contributed by atoms with van der Waals surface area (Å²) in [5, 5.41) is 18.5. The van der Waals surface area contributed by atoms with Gasteiger partial charge >= 0.3 is 6.09 Å². The van der Waals surface area contributed by atoms with Crippen molar-refractivity contribution in [2.24, 2.45) is 0 Å². The normalized spacial score (nSPS) is 7.23. The van der Waals surface area contributed by atoms with Crippen LogP contribution in [0.15, 0.2) is 0 Å². The lowest BCUT2D eigenvalue weighted by atomic mass is 10.5. The van der Waals surface area contributed by atoms with Crippen LogP contribution in [0.4, 0.5) is 4.79 Å². The van der Waals surface area contributed by atoms with Crippen molar-refractivity contribution >= 4 is 6.09 Å². The summed E-state index contributed by atoms with van der Waals surface area (Å²) in [5.74, 6) is 0. The van der Waals surface area contributed by atoms with E-state index >= 15 is 0 Å². The summed E-state index contributed by atoms with van der Waals surface area (Å²) >= 11 is 0. The van der Waals surface area contributed by atoms with Crippen LogP contribution in [-0.4, -0.2) is 19.2 Å². The monoisotopic (exact) mass is 184 g/mol. The van der Waals surface area contributed by atoms with Crippen LogP contribution < -0.4 is 11.5 Å². The Morgan fingerprint density at radius 2 is 1.92 bits per heavy atom. The molecule has 0 aromatic heterocycles. The highest BCUT2D eigenvalue weighted by Crippen LogP contribution is 1.82. The molecule has 0 aromatic rings. The zero-order valence-corrected chi connectivity index (χ0v) is 7.25. The fourth-order valence-corrected chi connectivity index (χ4v) is 0.461. The van der Waals surface area contributed by atoms with Crippen molar-refractivity contribution in [2.45, 2.75) is 12.8 Å². The molecular weight excluding hydrogens is 172 g/mol. The van der Waals surface area contributed by atoms with Crippen molar-refractivity contribution < 1.29 is 9.53 Å². The second-order valence-electron chi connectivity index (χ2n) is 1.88. The summed E-state index contributed by atoms with van der Waals surface area (Å²) in [7, 11) is 0. The fraction of sp³-hybridized carbons (Fsp3) is 0.571. The number of hydrogen-bond acceptors (Lipinski definition) is 5. The molecule has 0 saturated heterocycles. The molecule has 72 valence electrons. The number of ether oxygens (including phenoxy) is 1. The van der Waals surface area contributed by atoms with E-state index in [1.165, 1.54) is 0 Å². The van der Waals surface area contributed by atoms with Crippen molar-refractivity contribution in [3.05, 3.63) is 0 Å². The maximum absolute atomic E-state index is 10.6. The summed E-state index contributed by atoms with van der Waals surface area (Å²) in [6.45, 7) is 0.372. The van der Waals surface area contributed by atoms with Crippen LogP contribution in [0.25, 0.3) is 0 Å². The van der Waals surface area contributed by atoms with Crippen LogP contribution >= 0.6 is 0 Å². The van der Waals surface area contributed by atoms with Gasteiger partial charge in [0, 0.05) is 6.54 Å². The smallest absolute Gasteiger partial charge is 0.407 e. The van der Waals surface area contributed by atoms with E-state index < -0.39 is 6.09 Å². The van der Waals surface area contributed by atoms with E-state index in [2.05, 4.69) is 10.1 Å². The maximum atomic E-state index is 10.6. The molecule has 0 fully saturated rings. The summed E-state index contributed by atoms with van der Waals surface area (Å²) in [4.78, 5) is 10.6. The van der Waals surface area contributed by atoms with Gasteiger partial charge in [0.05, 0.1) is 25.0 Å². The Morgan fingerprint density at radius 3 is 2.46 bits per heavy atom. The molecule has 0 atom stereocenters. The van der Waals surface area contributed by atoms with Gasteiger partial charge < -0.3 is 16.2 Å². The third-order valence-corrected chi connectivity index (χ3v) is 0.953. The Hall–Kier alpha value is -1.79. The number of nitriles is 2. The Balaban J connectivity index is 0. The minimum atomic E-state index is -0.583. The number of rotatable bonds is 4. The van der Waals surface area contributed by atoms with Crippen molar-refractivity contribution in [3.63, 3.8) is 0 Å². The molecule has 0 aliphatic heterocycles. The topological polar surface area (TPSA) is 121 Å². The van der Waals surface area contributed by atoms with Crippen LogP contribution in [0, 0.1) is 22.7 Å². The van der Waals surface area contributed by atoms with Crippen molar-refractivity contribution in [1.29, 1.82) is 10.5 Å². The first kappa shape index (κ1) is 13.8. The molecule has 0 aliphatic rings. The van der Waals surface area contributed by atoms with Gasteiger partial charge in [-0.1, -0.05) is 0 Å². The van der Waals surface area contributed by atoms with E-state index in [0.717, 1.165) is 0 Å². The largest absolute Gasteiger partial charge is 0.448 e. The third kappa shape index (κ3) is 10.2. The van der Waals surface area contributed by atoms with Crippen LogP contribution in [-0.2, 0) is 4.74 Å². The highest BCUT2D eigenvalue weighted by atomic mass is 16.5. The predicted molar refractivity (Wildman–Crippen MR) is 44.8 cm³/mol. The average Bonchev–Trinajstić information content (AvgIpc) is 2.06. The molecule has 0 aliphatic carbocycles. The van der Waals surface area contributed by atoms with Gasteiger partial charge in [0.25, 0.3) is 0 Å². The fourth-order valence-electron chi connectivity index (χ4n) is 0.461. The summed E-state index contributed by atoms with van der Waals surface area (Å²) in [5.41, 5.74) is 0. The molecule has 6 heteroatoms. The zero-order valence-electron chi connectivity index (χ0n) is 7.25. The van der Waals surface area contributed by atoms with Crippen molar-refractivity contribution in [3.8, 4) is 12.1 Å². The molecule has 0 spiro atoms. The molecule has 13 heavy (non-hydrogen) atoms. The molecule has 0 saturated carbocycles. The SMILES string of the molecule is N.N#CCCNC(=O)OCCC#N. The maximum Gasteiger partial charge on any atom is 0.407 e. The minimum Gasteiger partial charge on any atom is -0.448 e. The molecule has 1 amide bonds. The van der Waals surface area contributed by atoms with Gasteiger partial charge in [-0.15, -0.1) is 0 Å². The van der Waals surface area contributed by atoms with E-state index in [4.69, 9.17) is 10.5 Å². The van der Waals surface area contributed by atoms with Gasteiger partial charge in [-0.05, 0) is 0 Å². The number of nitrogens with one attached hydrogen (secondary N) is 1. The molecule has 0 radical (unpaired) electrons. The standard InChI is InChI=1S/C7H9N3O2.H3N/c8-3-1-5-10-7(11)12-6-2-4-9;/h1-2,5-6H2,(H,10,11);1H3. The second-order valence-corrected chi connectivity index (χ2v) is 1.88. The summed E-state index contributed by atoms with van der Waals surface area (Å²) in [6, 6.07) is 3.70. The first-order valence-electron chi connectivity index (χ1n) is 3.45. The number of carbonyl (C=O) groups excluding carboxylic acids is 1. The van der Waals surface area contributed by atoms with Crippen LogP contribution in [0.3, 0.4) is 0 Å². The van der Waals surface area contributed by atoms with Gasteiger partial charge in [-0.25, -0.2) is 4.79 Å². The lowest BCUT2D eigenvalue weighted by Crippen LogP contribution is -2.25. The second kappa shape index (κ2) is 10.2. The quantitative estimate of drug-likeness (QED) is 0.623. The highest BCUT2D eigenvalue weighted by molar-refractivity contribution is 5.67.